The Morgan fingerprint density at radius 3 is 2.62 bits per heavy atom. The highest BCUT2D eigenvalue weighted by Gasteiger charge is 2.59. The zero-order valence-electron chi connectivity index (χ0n) is 20.2. The van der Waals surface area contributed by atoms with Crippen molar-refractivity contribution in [2.75, 3.05) is 17.2 Å². The highest BCUT2D eigenvalue weighted by atomic mass is 19.1. The molecule has 1 unspecified atom stereocenters. The first-order chi connectivity index (χ1) is 18.4. The number of pyridine rings is 1. The maximum absolute atomic E-state index is 15.2. The lowest BCUT2D eigenvalue weighted by atomic mass is 9.60. The first-order valence-corrected chi connectivity index (χ1v) is 11.9. The maximum atomic E-state index is 15.2. The number of aliphatic hydroxyl groups is 3. The van der Waals surface area contributed by atoms with Gasteiger partial charge in [0, 0.05) is 41.9 Å². The Kier molecular flexibility index (Phi) is 6.10. The Morgan fingerprint density at radius 1 is 1.21 bits per heavy atom. The van der Waals surface area contributed by atoms with Crippen molar-refractivity contribution in [3.8, 4) is 5.75 Å². The molecule has 39 heavy (non-hydrogen) atoms. The summed E-state index contributed by atoms with van der Waals surface area (Å²) in [5.74, 6) is -9.76. The van der Waals surface area contributed by atoms with Gasteiger partial charge in [0.2, 0.25) is 11.7 Å². The fourth-order valence-electron chi connectivity index (χ4n) is 5.58. The van der Waals surface area contributed by atoms with Gasteiger partial charge in [-0.05, 0) is 30.9 Å². The molecular formula is C26H23FN4O8. The van der Waals surface area contributed by atoms with Crippen LogP contribution in [0.15, 0.2) is 53.3 Å². The van der Waals surface area contributed by atoms with Gasteiger partial charge in [0.05, 0.1) is 23.5 Å². The van der Waals surface area contributed by atoms with Crippen molar-refractivity contribution >= 4 is 34.8 Å². The third-order valence-electron chi connectivity index (χ3n) is 7.40. The standard InChI is InChI=1S/C26H23FN4O8/c27-14-7-15(31-17(33)9-30-12-2-1-3-29-8-12)21(34)19-13(14)5-10-4-11-6-16(32)20(25(28)38)24(37)26(11,39)23(36)18(10)22(19)35/h1-3,7-8,10-11,30,32,34,36,39H,4-6,9H2,(H2,28,38)(H,31,33)/t10?,11-,26-/m0/s1. The van der Waals surface area contributed by atoms with Crippen molar-refractivity contribution in [2.45, 2.75) is 24.9 Å². The van der Waals surface area contributed by atoms with Gasteiger partial charge in [0.25, 0.3) is 5.91 Å². The second kappa shape index (κ2) is 9.20. The van der Waals surface area contributed by atoms with Gasteiger partial charge in [-0.15, -0.1) is 0 Å². The van der Waals surface area contributed by atoms with Gasteiger partial charge in [-0.1, -0.05) is 0 Å². The zero-order valence-corrected chi connectivity index (χ0v) is 20.2. The number of aliphatic hydroxyl groups excluding tert-OH is 2. The number of aromatic nitrogens is 1. The van der Waals surface area contributed by atoms with E-state index in [2.05, 4.69) is 15.6 Å². The van der Waals surface area contributed by atoms with Crippen LogP contribution in [-0.2, 0) is 20.8 Å². The van der Waals surface area contributed by atoms with Crippen molar-refractivity contribution in [3.05, 3.63) is 70.2 Å². The van der Waals surface area contributed by atoms with Gasteiger partial charge in [-0.25, -0.2) is 4.39 Å². The Hall–Kier alpha value is -4.78. The summed E-state index contributed by atoms with van der Waals surface area (Å²) in [6.45, 7) is -0.273. The molecule has 3 aliphatic carbocycles. The number of carbonyl (C=O) groups is 4. The molecule has 3 aliphatic rings. The largest absolute Gasteiger partial charge is 0.511 e. The number of phenols is 1. The number of benzene rings is 1. The van der Waals surface area contributed by atoms with E-state index >= 15 is 4.39 Å². The molecule has 1 heterocycles. The molecule has 0 radical (unpaired) electrons. The van der Waals surface area contributed by atoms with E-state index in [0.717, 1.165) is 6.07 Å². The smallest absolute Gasteiger partial charge is 0.255 e. The van der Waals surface area contributed by atoms with Crippen LogP contribution in [0.25, 0.3) is 0 Å². The van der Waals surface area contributed by atoms with E-state index in [-0.39, 0.29) is 31.4 Å². The number of ketones is 2. The van der Waals surface area contributed by atoms with Crippen LogP contribution in [0.2, 0.25) is 0 Å². The lowest BCUT2D eigenvalue weighted by molar-refractivity contribution is -0.144. The lowest BCUT2D eigenvalue weighted by Gasteiger charge is -2.45. The second-order valence-electron chi connectivity index (χ2n) is 9.66. The van der Waals surface area contributed by atoms with Crippen molar-refractivity contribution in [3.63, 3.8) is 0 Å². The molecule has 13 heteroatoms. The van der Waals surface area contributed by atoms with E-state index in [1.807, 2.05) is 0 Å². The number of primary amides is 1. The summed E-state index contributed by atoms with van der Waals surface area (Å²) in [6.07, 6.45) is 2.32. The molecule has 202 valence electrons. The van der Waals surface area contributed by atoms with Gasteiger partial charge in [0.15, 0.2) is 17.1 Å². The molecule has 0 saturated heterocycles. The number of allylic oxidation sites excluding steroid dienone is 2. The number of rotatable bonds is 5. The molecule has 0 saturated carbocycles. The predicted octanol–water partition coefficient (Wildman–Crippen LogP) is 1.17. The minimum atomic E-state index is -2.73. The Bertz CT molecular complexity index is 1520. The fourth-order valence-corrected chi connectivity index (χ4v) is 5.58. The minimum Gasteiger partial charge on any atom is -0.511 e. The summed E-state index contributed by atoms with van der Waals surface area (Å²) >= 11 is 0. The van der Waals surface area contributed by atoms with Crippen LogP contribution in [-0.4, -0.2) is 60.9 Å². The molecule has 3 atom stereocenters. The van der Waals surface area contributed by atoms with Crippen LogP contribution in [0.4, 0.5) is 15.8 Å². The summed E-state index contributed by atoms with van der Waals surface area (Å²) < 4.78 is 15.2. The van der Waals surface area contributed by atoms with Gasteiger partial charge >= 0.3 is 0 Å². The highest BCUT2D eigenvalue weighted by Crippen LogP contribution is 2.52. The molecule has 0 aliphatic heterocycles. The molecule has 5 rings (SSSR count). The predicted molar refractivity (Wildman–Crippen MR) is 132 cm³/mol. The number of nitrogens with zero attached hydrogens (tertiary/aromatic N) is 1. The zero-order chi connectivity index (χ0) is 28.2. The molecule has 1 aromatic heterocycles. The van der Waals surface area contributed by atoms with E-state index in [1.165, 1.54) is 6.20 Å². The average molecular weight is 538 g/mol. The first kappa shape index (κ1) is 25.9. The summed E-state index contributed by atoms with van der Waals surface area (Å²) in [6, 6.07) is 4.18. The monoisotopic (exact) mass is 538 g/mol. The quantitative estimate of drug-likeness (QED) is 0.213. The molecule has 2 amide bonds. The summed E-state index contributed by atoms with van der Waals surface area (Å²) in [7, 11) is 0. The van der Waals surface area contributed by atoms with Crippen LogP contribution >= 0.6 is 0 Å². The van der Waals surface area contributed by atoms with E-state index in [4.69, 9.17) is 5.73 Å². The molecular weight excluding hydrogens is 515 g/mol. The third-order valence-corrected chi connectivity index (χ3v) is 7.40. The molecule has 2 aromatic rings. The van der Waals surface area contributed by atoms with Crippen LogP contribution in [0.3, 0.4) is 0 Å². The fraction of sp³-hybridized carbons (Fsp3) is 0.269. The number of aromatic hydroxyl groups is 1. The second-order valence-corrected chi connectivity index (χ2v) is 9.66. The van der Waals surface area contributed by atoms with Gasteiger partial charge < -0.3 is 36.8 Å². The Morgan fingerprint density at radius 2 is 1.95 bits per heavy atom. The van der Waals surface area contributed by atoms with E-state index < -0.39 is 86.3 Å². The summed E-state index contributed by atoms with van der Waals surface area (Å²) in [4.78, 5) is 54.6. The number of fused-ring (bicyclic) bond motifs is 3. The molecule has 8 N–H and O–H groups in total. The topological polar surface area (TPSA) is 212 Å². The minimum absolute atomic E-state index is 0.123. The number of hydrogen-bond donors (Lipinski definition) is 7. The van der Waals surface area contributed by atoms with Gasteiger partial charge in [-0.3, -0.25) is 24.2 Å². The van der Waals surface area contributed by atoms with Crippen molar-refractivity contribution in [1.29, 1.82) is 0 Å². The van der Waals surface area contributed by atoms with Crippen LogP contribution in [0.1, 0.15) is 28.8 Å². The van der Waals surface area contributed by atoms with Crippen molar-refractivity contribution < 1.29 is 44.0 Å². The molecule has 0 spiro atoms. The van der Waals surface area contributed by atoms with Gasteiger partial charge in [0.1, 0.15) is 22.9 Å². The number of carbonyl (C=O) groups excluding carboxylic acids is 4. The SMILES string of the molecule is NC(=O)C1=C(O)C[C@@H]2CC3Cc4c(F)cc(NC(=O)CNc5cccnc5)c(O)c4C(=O)C3=C(O)[C@]2(O)C1=O. The molecule has 0 bridgehead atoms. The highest BCUT2D eigenvalue weighted by molar-refractivity contribution is 6.24. The third kappa shape index (κ3) is 3.98. The average Bonchev–Trinajstić information content (AvgIpc) is 2.88. The van der Waals surface area contributed by atoms with Crippen molar-refractivity contribution in [2.24, 2.45) is 17.6 Å². The first-order valence-electron chi connectivity index (χ1n) is 11.9. The number of nitrogens with one attached hydrogen (secondary N) is 2. The normalized spacial score (nSPS) is 24.1. The molecule has 0 fully saturated rings. The van der Waals surface area contributed by atoms with E-state index in [9.17, 15) is 39.6 Å². The van der Waals surface area contributed by atoms with Gasteiger partial charge in [-0.2, -0.15) is 0 Å². The molecule has 12 nitrogen and oxygen atoms in total. The van der Waals surface area contributed by atoms with E-state index in [1.54, 1.807) is 18.3 Å². The number of nitrogens with two attached hydrogens (primary N) is 1. The number of halogens is 1. The number of phenolic OH excluding ortho intramolecular Hbond substituents is 1. The van der Waals surface area contributed by atoms with Crippen LogP contribution in [0, 0.1) is 17.7 Å². The van der Waals surface area contributed by atoms with E-state index in [0.29, 0.717) is 5.69 Å². The number of hydrogen-bond acceptors (Lipinski definition) is 10. The maximum Gasteiger partial charge on any atom is 0.255 e. The Balaban J connectivity index is 1.50. The summed E-state index contributed by atoms with van der Waals surface area (Å²) in [5.41, 5.74) is 0.545. The van der Waals surface area contributed by atoms with Crippen LogP contribution in [0.5, 0.6) is 5.75 Å². The number of Topliss-reactive ketones (excluding diaryl/α,β-unsaturated/α-hetero) is 2. The van der Waals surface area contributed by atoms with Crippen molar-refractivity contribution in [1.82, 2.24) is 4.98 Å². The number of anilines is 2. The Labute approximate surface area is 219 Å². The number of amides is 2. The molecule has 1 aromatic carbocycles. The summed E-state index contributed by atoms with van der Waals surface area (Å²) in [5, 5.41) is 48.5. The lowest BCUT2D eigenvalue weighted by Crippen LogP contribution is -2.57. The van der Waals surface area contributed by atoms with Crippen LogP contribution < -0.4 is 16.4 Å².